The van der Waals surface area contributed by atoms with Gasteiger partial charge >= 0.3 is 5.97 Å². The number of nitrogens with zero attached hydrogens (tertiary/aromatic N) is 1. The molecular formula is C12H12N2O2. The number of nitrogens with one attached hydrogen (secondary N) is 1. The minimum atomic E-state index is -0.958. The fraction of sp³-hybridized carbons (Fsp3) is 0.167. The first-order valence-electron chi connectivity index (χ1n) is 5.09. The standard InChI is InChI=1S/C12H12N2O2/c1-2-13-11-10(12(15)16)9-6-4-3-5-8(9)7-14-11/h3-7H,2H2,1H3,(H,13,14)(H,15,16). The number of hydrogen-bond acceptors (Lipinski definition) is 3. The maximum atomic E-state index is 11.2. The number of carboxylic acid groups (broad SMARTS) is 1. The first-order valence-corrected chi connectivity index (χ1v) is 5.09. The molecule has 16 heavy (non-hydrogen) atoms. The second-order valence-electron chi connectivity index (χ2n) is 3.40. The van der Waals surface area contributed by atoms with E-state index in [9.17, 15) is 9.90 Å². The van der Waals surface area contributed by atoms with Gasteiger partial charge in [0.15, 0.2) is 0 Å². The Balaban J connectivity index is 2.73. The zero-order chi connectivity index (χ0) is 11.5. The van der Waals surface area contributed by atoms with Crippen molar-refractivity contribution in [3.05, 3.63) is 36.0 Å². The van der Waals surface area contributed by atoms with Crippen molar-refractivity contribution >= 4 is 22.6 Å². The Kier molecular flexibility index (Phi) is 2.72. The van der Waals surface area contributed by atoms with Crippen LogP contribution in [0.4, 0.5) is 5.82 Å². The van der Waals surface area contributed by atoms with Crippen LogP contribution >= 0.6 is 0 Å². The van der Waals surface area contributed by atoms with E-state index in [1.54, 1.807) is 12.3 Å². The van der Waals surface area contributed by atoms with E-state index in [0.717, 1.165) is 5.39 Å². The molecule has 82 valence electrons. The topological polar surface area (TPSA) is 62.2 Å². The molecule has 0 aliphatic carbocycles. The summed E-state index contributed by atoms with van der Waals surface area (Å²) < 4.78 is 0. The summed E-state index contributed by atoms with van der Waals surface area (Å²) in [7, 11) is 0. The minimum absolute atomic E-state index is 0.236. The van der Waals surface area contributed by atoms with Gasteiger partial charge in [-0.2, -0.15) is 0 Å². The lowest BCUT2D eigenvalue weighted by Crippen LogP contribution is -2.08. The van der Waals surface area contributed by atoms with E-state index in [1.807, 2.05) is 25.1 Å². The average Bonchev–Trinajstić information content (AvgIpc) is 2.28. The molecule has 0 saturated heterocycles. The third-order valence-electron chi connectivity index (χ3n) is 2.36. The van der Waals surface area contributed by atoms with Crippen LogP contribution in [-0.4, -0.2) is 22.6 Å². The average molecular weight is 216 g/mol. The molecule has 0 amide bonds. The molecule has 1 aromatic carbocycles. The van der Waals surface area contributed by atoms with Gasteiger partial charge < -0.3 is 10.4 Å². The largest absolute Gasteiger partial charge is 0.478 e. The van der Waals surface area contributed by atoms with E-state index >= 15 is 0 Å². The van der Waals surface area contributed by atoms with Crippen LogP contribution in [0, 0.1) is 0 Å². The summed E-state index contributed by atoms with van der Waals surface area (Å²) in [6, 6.07) is 7.33. The Labute approximate surface area is 92.9 Å². The van der Waals surface area contributed by atoms with Crippen LogP contribution in [0.2, 0.25) is 0 Å². The van der Waals surface area contributed by atoms with Crippen molar-refractivity contribution in [2.24, 2.45) is 0 Å². The van der Waals surface area contributed by atoms with Gasteiger partial charge in [-0.3, -0.25) is 0 Å². The number of carbonyl (C=O) groups is 1. The summed E-state index contributed by atoms with van der Waals surface area (Å²) in [6.07, 6.45) is 1.68. The number of carboxylic acids is 1. The quantitative estimate of drug-likeness (QED) is 0.826. The first kappa shape index (κ1) is 10.4. The molecule has 0 spiro atoms. The number of aromatic carboxylic acids is 1. The van der Waals surface area contributed by atoms with Crippen molar-refractivity contribution in [3.63, 3.8) is 0 Å². The highest BCUT2D eigenvalue weighted by molar-refractivity contribution is 6.07. The molecular weight excluding hydrogens is 204 g/mol. The fourth-order valence-corrected chi connectivity index (χ4v) is 1.68. The van der Waals surface area contributed by atoms with Crippen LogP contribution in [0.25, 0.3) is 10.8 Å². The van der Waals surface area contributed by atoms with Gasteiger partial charge in [0.05, 0.1) is 0 Å². The molecule has 2 rings (SSSR count). The van der Waals surface area contributed by atoms with Gasteiger partial charge in [0.25, 0.3) is 0 Å². The molecule has 1 aromatic heterocycles. The number of anilines is 1. The molecule has 2 aromatic rings. The Morgan fingerprint density at radius 2 is 2.19 bits per heavy atom. The van der Waals surface area contributed by atoms with Crippen molar-refractivity contribution in [1.29, 1.82) is 0 Å². The Bertz CT molecular complexity index is 538. The normalized spacial score (nSPS) is 10.3. The zero-order valence-corrected chi connectivity index (χ0v) is 8.90. The highest BCUT2D eigenvalue weighted by atomic mass is 16.4. The summed E-state index contributed by atoms with van der Waals surface area (Å²) in [4.78, 5) is 15.4. The van der Waals surface area contributed by atoms with E-state index in [2.05, 4.69) is 10.3 Å². The summed E-state index contributed by atoms with van der Waals surface area (Å²) in [5.74, 6) is -0.533. The fourth-order valence-electron chi connectivity index (χ4n) is 1.68. The van der Waals surface area contributed by atoms with E-state index in [0.29, 0.717) is 17.7 Å². The molecule has 0 unspecified atom stereocenters. The summed E-state index contributed by atoms with van der Waals surface area (Å²) in [5, 5.41) is 13.7. The third kappa shape index (κ3) is 1.69. The molecule has 4 heteroatoms. The first-order chi connectivity index (χ1) is 7.74. The zero-order valence-electron chi connectivity index (χ0n) is 8.90. The lowest BCUT2D eigenvalue weighted by molar-refractivity contribution is 0.0699. The molecule has 0 atom stereocenters. The molecule has 0 aliphatic rings. The van der Waals surface area contributed by atoms with Crippen molar-refractivity contribution in [1.82, 2.24) is 4.98 Å². The van der Waals surface area contributed by atoms with Crippen molar-refractivity contribution in [2.75, 3.05) is 11.9 Å². The molecule has 0 saturated carbocycles. The molecule has 0 aliphatic heterocycles. The minimum Gasteiger partial charge on any atom is -0.478 e. The molecule has 2 N–H and O–H groups in total. The summed E-state index contributed by atoms with van der Waals surface area (Å²) in [5.41, 5.74) is 0.236. The van der Waals surface area contributed by atoms with E-state index in [1.165, 1.54) is 0 Å². The summed E-state index contributed by atoms with van der Waals surface area (Å²) >= 11 is 0. The van der Waals surface area contributed by atoms with Crippen LogP contribution in [0.1, 0.15) is 17.3 Å². The Hall–Kier alpha value is -2.10. The smallest absolute Gasteiger partial charge is 0.340 e. The van der Waals surface area contributed by atoms with Crippen LogP contribution in [0.15, 0.2) is 30.5 Å². The summed E-state index contributed by atoms with van der Waals surface area (Å²) in [6.45, 7) is 2.55. The monoisotopic (exact) mass is 216 g/mol. The van der Waals surface area contributed by atoms with Crippen LogP contribution < -0.4 is 5.32 Å². The van der Waals surface area contributed by atoms with Crippen LogP contribution in [0.5, 0.6) is 0 Å². The lowest BCUT2D eigenvalue weighted by Gasteiger charge is -2.09. The van der Waals surface area contributed by atoms with Gasteiger partial charge in [-0.05, 0) is 6.92 Å². The highest BCUT2D eigenvalue weighted by Crippen LogP contribution is 2.23. The van der Waals surface area contributed by atoms with E-state index in [-0.39, 0.29) is 5.56 Å². The van der Waals surface area contributed by atoms with Gasteiger partial charge in [0, 0.05) is 23.5 Å². The van der Waals surface area contributed by atoms with Crippen molar-refractivity contribution in [2.45, 2.75) is 6.92 Å². The van der Waals surface area contributed by atoms with Crippen LogP contribution in [0.3, 0.4) is 0 Å². The van der Waals surface area contributed by atoms with E-state index in [4.69, 9.17) is 0 Å². The van der Waals surface area contributed by atoms with Gasteiger partial charge in [0.2, 0.25) is 0 Å². The SMILES string of the molecule is CCNc1ncc2ccccc2c1C(=O)O. The molecule has 1 heterocycles. The van der Waals surface area contributed by atoms with Crippen LogP contribution in [-0.2, 0) is 0 Å². The molecule has 0 radical (unpaired) electrons. The molecule has 0 bridgehead atoms. The second-order valence-corrected chi connectivity index (χ2v) is 3.40. The number of fused-ring (bicyclic) bond motifs is 1. The van der Waals surface area contributed by atoms with Gasteiger partial charge in [-0.1, -0.05) is 24.3 Å². The number of rotatable bonds is 3. The van der Waals surface area contributed by atoms with Gasteiger partial charge in [-0.25, -0.2) is 9.78 Å². The Morgan fingerprint density at radius 3 is 2.88 bits per heavy atom. The number of benzene rings is 1. The molecule has 0 fully saturated rings. The predicted molar refractivity (Wildman–Crippen MR) is 62.9 cm³/mol. The van der Waals surface area contributed by atoms with Crippen molar-refractivity contribution < 1.29 is 9.90 Å². The number of pyridine rings is 1. The van der Waals surface area contributed by atoms with Crippen molar-refractivity contribution in [3.8, 4) is 0 Å². The van der Waals surface area contributed by atoms with E-state index < -0.39 is 5.97 Å². The second kappa shape index (κ2) is 4.18. The molecule has 4 nitrogen and oxygen atoms in total. The third-order valence-corrected chi connectivity index (χ3v) is 2.36. The Morgan fingerprint density at radius 1 is 1.44 bits per heavy atom. The highest BCUT2D eigenvalue weighted by Gasteiger charge is 2.14. The number of aromatic nitrogens is 1. The van der Waals surface area contributed by atoms with Gasteiger partial charge in [-0.15, -0.1) is 0 Å². The number of hydrogen-bond donors (Lipinski definition) is 2. The maximum Gasteiger partial charge on any atom is 0.340 e. The maximum absolute atomic E-state index is 11.2. The van der Waals surface area contributed by atoms with Gasteiger partial charge in [0.1, 0.15) is 11.4 Å². The lowest BCUT2D eigenvalue weighted by atomic mass is 10.1. The predicted octanol–water partition coefficient (Wildman–Crippen LogP) is 2.36.